The average molecular weight is 222 g/mol. The van der Waals surface area contributed by atoms with Gasteiger partial charge in [0.25, 0.3) is 0 Å². The number of hydrogen-bond acceptors (Lipinski definition) is 3. The van der Waals surface area contributed by atoms with Crippen LogP contribution in [-0.4, -0.2) is 31.1 Å². The predicted molar refractivity (Wildman–Crippen MR) is 67.6 cm³/mol. The van der Waals surface area contributed by atoms with Crippen LogP contribution in [0.3, 0.4) is 0 Å². The molecule has 0 amide bonds. The molecule has 3 nitrogen and oxygen atoms in total. The number of nitrogens with zero attached hydrogens (tertiary/aromatic N) is 1. The fraction of sp³-hybridized carbons (Fsp3) is 0.538. The van der Waals surface area contributed by atoms with Gasteiger partial charge in [0, 0.05) is 19.1 Å². The van der Waals surface area contributed by atoms with Crippen LogP contribution in [0, 0.1) is 0 Å². The van der Waals surface area contributed by atoms with E-state index in [-0.39, 0.29) is 6.04 Å². The second kappa shape index (κ2) is 6.51. The molecule has 90 valence electrons. The summed E-state index contributed by atoms with van der Waals surface area (Å²) in [7, 11) is 2.08. The van der Waals surface area contributed by atoms with E-state index in [1.54, 1.807) is 0 Å². The van der Waals surface area contributed by atoms with Crippen molar-refractivity contribution in [3.05, 3.63) is 29.8 Å². The Labute approximate surface area is 98.2 Å². The highest BCUT2D eigenvalue weighted by Gasteiger charge is 2.03. The largest absolute Gasteiger partial charge is 0.494 e. The molecular formula is C13H22N2O. The van der Waals surface area contributed by atoms with Crippen LogP contribution in [0.2, 0.25) is 0 Å². The van der Waals surface area contributed by atoms with Crippen LogP contribution in [-0.2, 0) is 6.54 Å². The minimum absolute atomic E-state index is 0.215. The molecule has 0 aliphatic carbocycles. The summed E-state index contributed by atoms with van der Waals surface area (Å²) in [6, 6.07) is 8.44. The first-order valence-corrected chi connectivity index (χ1v) is 5.77. The van der Waals surface area contributed by atoms with Gasteiger partial charge in [0.05, 0.1) is 6.61 Å². The van der Waals surface area contributed by atoms with Gasteiger partial charge >= 0.3 is 0 Å². The van der Waals surface area contributed by atoms with Crippen molar-refractivity contribution in [1.29, 1.82) is 0 Å². The van der Waals surface area contributed by atoms with Gasteiger partial charge < -0.3 is 15.4 Å². The minimum atomic E-state index is 0.215. The number of hydrogen-bond donors (Lipinski definition) is 1. The van der Waals surface area contributed by atoms with Gasteiger partial charge in [0.15, 0.2) is 0 Å². The molecule has 0 saturated carbocycles. The molecular weight excluding hydrogens is 200 g/mol. The Morgan fingerprint density at radius 2 is 1.94 bits per heavy atom. The molecule has 0 radical (unpaired) electrons. The van der Waals surface area contributed by atoms with Crippen LogP contribution in [0.15, 0.2) is 24.3 Å². The van der Waals surface area contributed by atoms with Gasteiger partial charge in [-0.2, -0.15) is 0 Å². The van der Waals surface area contributed by atoms with E-state index in [0.29, 0.717) is 6.61 Å². The molecule has 16 heavy (non-hydrogen) atoms. The SMILES string of the molecule is CCOc1ccc(CN(C)CC(C)N)cc1. The van der Waals surface area contributed by atoms with Crippen LogP contribution in [0.25, 0.3) is 0 Å². The number of ether oxygens (including phenoxy) is 1. The first-order chi connectivity index (χ1) is 7.61. The highest BCUT2D eigenvalue weighted by atomic mass is 16.5. The zero-order valence-corrected chi connectivity index (χ0v) is 10.4. The summed E-state index contributed by atoms with van der Waals surface area (Å²) in [4.78, 5) is 2.22. The number of nitrogens with two attached hydrogens (primary N) is 1. The van der Waals surface area contributed by atoms with E-state index < -0.39 is 0 Å². The molecule has 0 aliphatic heterocycles. The molecule has 0 bridgehead atoms. The maximum absolute atomic E-state index is 5.75. The summed E-state index contributed by atoms with van der Waals surface area (Å²) in [6.07, 6.45) is 0. The van der Waals surface area contributed by atoms with Crippen molar-refractivity contribution in [2.24, 2.45) is 5.73 Å². The van der Waals surface area contributed by atoms with Crippen molar-refractivity contribution in [3.63, 3.8) is 0 Å². The van der Waals surface area contributed by atoms with Crippen molar-refractivity contribution in [2.45, 2.75) is 26.4 Å². The van der Waals surface area contributed by atoms with Gasteiger partial charge in [-0.1, -0.05) is 12.1 Å². The number of benzene rings is 1. The summed E-state index contributed by atoms with van der Waals surface area (Å²) < 4.78 is 5.40. The first kappa shape index (κ1) is 13.0. The summed E-state index contributed by atoms with van der Waals surface area (Å²) in [5.41, 5.74) is 7.03. The monoisotopic (exact) mass is 222 g/mol. The molecule has 0 heterocycles. The van der Waals surface area contributed by atoms with Crippen LogP contribution < -0.4 is 10.5 Å². The smallest absolute Gasteiger partial charge is 0.119 e. The second-order valence-electron chi connectivity index (χ2n) is 4.25. The third-order valence-corrected chi connectivity index (χ3v) is 2.29. The van der Waals surface area contributed by atoms with E-state index in [0.717, 1.165) is 18.8 Å². The van der Waals surface area contributed by atoms with Crippen molar-refractivity contribution in [2.75, 3.05) is 20.2 Å². The van der Waals surface area contributed by atoms with Gasteiger partial charge in [0.2, 0.25) is 0 Å². The van der Waals surface area contributed by atoms with Gasteiger partial charge in [-0.3, -0.25) is 0 Å². The highest BCUT2D eigenvalue weighted by Crippen LogP contribution is 2.13. The Balaban J connectivity index is 2.48. The zero-order chi connectivity index (χ0) is 12.0. The summed E-state index contributed by atoms with van der Waals surface area (Å²) in [5.74, 6) is 0.932. The fourth-order valence-corrected chi connectivity index (χ4v) is 1.73. The molecule has 0 spiro atoms. The predicted octanol–water partition coefficient (Wildman–Crippen LogP) is 1.86. The summed E-state index contributed by atoms with van der Waals surface area (Å²) >= 11 is 0. The lowest BCUT2D eigenvalue weighted by atomic mass is 10.2. The Bertz CT molecular complexity index is 295. The Morgan fingerprint density at radius 1 is 1.31 bits per heavy atom. The Hall–Kier alpha value is -1.06. The average Bonchev–Trinajstić information content (AvgIpc) is 2.20. The Kier molecular flexibility index (Phi) is 5.29. The normalized spacial score (nSPS) is 12.8. The number of likely N-dealkylation sites (N-methyl/N-ethyl adjacent to an activating group) is 1. The van der Waals surface area contributed by atoms with Crippen molar-refractivity contribution in [3.8, 4) is 5.75 Å². The van der Waals surface area contributed by atoms with Crippen LogP contribution in [0.5, 0.6) is 5.75 Å². The lowest BCUT2D eigenvalue weighted by Gasteiger charge is -2.18. The summed E-state index contributed by atoms with van der Waals surface area (Å²) in [6.45, 7) is 6.56. The molecule has 2 N–H and O–H groups in total. The molecule has 0 fully saturated rings. The highest BCUT2D eigenvalue weighted by molar-refractivity contribution is 5.27. The minimum Gasteiger partial charge on any atom is -0.494 e. The molecule has 0 aromatic heterocycles. The lowest BCUT2D eigenvalue weighted by Crippen LogP contribution is -2.32. The van der Waals surface area contributed by atoms with Crippen LogP contribution in [0.4, 0.5) is 0 Å². The molecule has 1 aromatic rings. The zero-order valence-electron chi connectivity index (χ0n) is 10.4. The lowest BCUT2D eigenvalue weighted by molar-refractivity contribution is 0.309. The van der Waals surface area contributed by atoms with Crippen molar-refractivity contribution in [1.82, 2.24) is 4.90 Å². The van der Waals surface area contributed by atoms with Crippen molar-refractivity contribution < 1.29 is 4.74 Å². The third kappa shape index (κ3) is 4.64. The summed E-state index contributed by atoms with van der Waals surface area (Å²) in [5, 5.41) is 0. The molecule has 3 heteroatoms. The van der Waals surface area contributed by atoms with Crippen molar-refractivity contribution >= 4 is 0 Å². The molecule has 1 atom stereocenters. The van der Waals surface area contributed by atoms with Crippen LogP contribution in [0.1, 0.15) is 19.4 Å². The maximum Gasteiger partial charge on any atom is 0.119 e. The van der Waals surface area contributed by atoms with Gasteiger partial charge in [-0.15, -0.1) is 0 Å². The fourth-order valence-electron chi connectivity index (χ4n) is 1.73. The van der Waals surface area contributed by atoms with Gasteiger partial charge in [-0.05, 0) is 38.6 Å². The molecule has 0 aliphatic rings. The van der Waals surface area contributed by atoms with Gasteiger partial charge in [-0.25, -0.2) is 0 Å². The molecule has 1 aromatic carbocycles. The maximum atomic E-state index is 5.75. The van der Waals surface area contributed by atoms with Gasteiger partial charge in [0.1, 0.15) is 5.75 Å². The van der Waals surface area contributed by atoms with E-state index in [1.165, 1.54) is 5.56 Å². The second-order valence-corrected chi connectivity index (χ2v) is 4.25. The first-order valence-electron chi connectivity index (χ1n) is 5.77. The van der Waals surface area contributed by atoms with E-state index in [4.69, 9.17) is 10.5 Å². The van der Waals surface area contributed by atoms with E-state index in [1.807, 2.05) is 26.0 Å². The van der Waals surface area contributed by atoms with E-state index >= 15 is 0 Å². The van der Waals surface area contributed by atoms with Crippen LogP contribution >= 0.6 is 0 Å². The van der Waals surface area contributed by atoms with E-state index in [9.17, 15) is 0 Å². The topological polar surface area (TPSA) is 38.5 Å². The molecule has 1 unspecified atom stereocenters. The quantitative estimate of drug-likeness (QED) is 0.798. The standard InChI is InChI=1S/C13H22N2O/c1-4-16-13-7-5-12(6-8-13)10-15(3)9-11(2)14/h5-8,11H,4,9-10,14H2,1-3H3. The Morgan fingerprint density at radius 3 is 2.44 bits per heavy atom. The third-order valence-electron chi connectivity index (χ3n) is 2.29. The molecule has 0 saturated heterocycles. The molecule has 1 rings (SSSR count). The number of rotatable bonds is 6. The van der Waals surface area contributed by atoms with E-state index in [2.05, 4.69) is 24.1 Å².